The average molecular weight is 514 g/mol. The number of hydrogen-bond acceptors (Lipinski definition) is 7. The number of Topliss-reactive ketones (excluding diaryl/α,β-unsaturated/α-hetero) is 1. The van der Waals surface area contributed by atoms with Crippen molar-refractivity contribution in [2.24, 2.45) is 17.8 Å². The molecule has 4 unspecified atom stereocenters. The average Bonchev–Trinajstić information content (AvgIpc) is 3.48. The summed E-state index contributed by atoms with van der Waals surface area (Å²) in [6, 6.07) is 8.94. The lowest BCUT2D eigenvalue weighted by molar-refractivity contribution is -0.123. The highest BCUT2D eigenvalue weighted by molar-refractivity contribution is 6.25. The maximum absolute atomic E-state index is 13.8. The zero-order valence-electron chi connectivity index (χ0n) is 20.3. The molecule has 2 heterocycles. The molecule has 3 aliphatic carbocycles. The predicted molar refractivity (Wildman–Crippen MR) is 132 cm³/mol. The number of fused-ring (bicyclic) bond motifs is 3. The van der Waals surface area contributed by atoms with E-state index in [1.165, 1.54) is 30.3 Å². The predicted octanol–water partition coefficient (Wildman–Crippen LogP) is 3.10. The van der Waals surface area contributed by atoms with Gasteiger partial charge in [-0.3, -0.25) is 24.1 Å². The van der Waals surface area contributed by atoms with Crippen LogP contribution in [0, 0.1) is 17.8 Å². The van der Waals surface area contributed by atoms with Crippen LogP contribution in [-0.2, 0) is 25.8 Å². The van der Waals surface area contributed by atoms with Crippen LogP contribution in [0.5, 0.6) is 0 Å². The van der Waals surface area contributed by atoms with E-state index in [0.717, 1.165) is 10.5 Å². The number of allylic oxidation sites excluding steroid dienone is 6. The van der Waals surface area contributed by atoms with Crippen LogP contribution < -0.4 is 4.90 Å². The van der Waals surface area contributed by atoms with Gasteiger partial charge in [-0.1, -0.05) is 17.7 Å². The summed E-state index contributed by atoms with van der Waals surface area (Å²) in [5.74, 6) is -4.66. The van der Waals surface area contributed by atoms with Gasteiger partial charge in [0.05, 0.1) is 29.0 Å². The number of benzene rings is 1. The molecule has 2 amide bonds. The van der Waals surface area contributed by atoms with Crippen molar-refractivity contribution in [1.82, 2.24) is 0 Å². The number of carboxylic acid groups (broad SMARTS) is 1. The Morgan fingerprint density at radius 2 is 1.87 bits per heavy atom. The molecular weight excluding hydrogens is 490 g/mol. The summed E-state index contributed by atoms with van der Waals surface area (Å²) >= 11 is 0. The minimum Gasteiger partial charge on any atom is -0.478 e. The highest BCUT2D eigenvalue weighted by Crippen LogP contribution is 2.55. The van der Waals surface area contributed by atoms with Crippen LogP contribution in [0.15, 0.2) is 75.3 Å². The van der Waals surface area contributed by atoms with E-state index in [1.807, 2.05) is 6.08 Å². The molecule has 9 nitrogen and oxygen atoms in total. The van der Waals surface area contributed by atoms with Gasteiger partial charge in [0.1, 0.15) is 18.1 Å². The summed E-state index contributed by atoms with van der Waals surface area (Å²) < 4.78 is 5.85. The molecule has 0 saturated carbocycles. The van der Waals surface area contributed by atoms with Gasteiger partial charge in [0.25, 0.3) is 0 Å². The number of aromatic carboxylic acids is 1. The van der Waals surface area contributed by atoms with Gasteiger partial charge in [0.15, 0.2) is 11.6 Å². The molecule has 1 fully saturated rings. The van der Waals surface area contributed by atoms with E-state index in [0.29, 0.717) is 28.2 Å². The molecular formula is C29H23NO8. The van der Waals surface area contributed by atoms with Crippen molar-refractivity contribution >= 4 is 35.0 Å². The maximum Gasteiger partial charge on any atom is 0.335 e. The van der Waals surface area contributed by atoms with Gasteiger partial charge >= 0.3 is 5.97 Å². The van der Waals surface area contributed by atoms with E-state index in [2.05, 4.69) is 0 Å². The molecule has 192 valence electrons. The Balaban J connectivity index is 1.46. The van der Waals surface area contributed by atoms with Gasteiger partial charge in [0, 0.05) is 16.7 Å². The molecule has 1 aliphatic heterocycles. The smallest absolute Gasteiger partial charge is 0.335 e. The van der Waals surface area contributed by atoms with Crippen molar-refractivity contribution in [2.45, 2.75) is 32.3 Å². The molecule has 2 aromatic rings. The van der Waals surface area contributed by atoms with Crippen molar-refractivity contribution in [3.05, 3.63) is 87.9 Å². The minimum absolute atomic E-state index is 0.0460. The van der Waals surface area contributed by atoms with Crippen LogP contribution in [-0.4, -0.2) is 39.6 Å². The number of hydrogen-bond donors (Lipinski definition) is 2. The van der Waals surface area contributed by atoms with Crippen LogP contribution in [0.2, 0.25) is 0 Å². The lowest BCUT2D eigenvalue weighted by Crippen LogP contribution is -2.39. The van der Waals surface area contributed by atoms with Crippen LogP contribution >= 0.6 is 0 Å². The first-order chi connectivity index (χ1) is 18.2. The summed E-state index contributed by atoms with van der Waals surface area (Å²) in [6.07, 6.45) is 3.55. The van der Waals surface area contributed by atoms with Crippen LogP contribution in [0.25, 0.3) is 0 Å². The van der Waals surface area contributed by atoms with Crippen molar-refractivity contribution in [2.75, 3.05) is 4.90 Å². The zero-order chi connectivity index (χ0) is 26.9. The second-order valence-electron chi connectivity index (χ2n) is 10.1. The molecule has 1 aromatic carbocycles. The third kappa shape index (κ3) is 3.39. The Bertz CT molecular complexity index is 1550. The molecule has 0 radical (unpaired) electrons. The van der Waals surface area contributed by atoms with Crippen molar-refractivity contribution in [3.63, 3.8) is 0 Å². The summed E-state index contributed by atoms with van der Waals surface area (Å²) in [4.78, 5) is 66.3. The highest BCUT2D eigenvalue weighted by atomic mass is 16.4. The fourth-order valence-electron chi connectivity index (χ4n) is 6.36. The number of ketones is 2. The molecule has 6 rings (SSSR count). The first-order valence-corrected chi connectivity index (χ1v) is 12.3. The fraction of sp³-hybridized carbons (Fsp3) is 0.276. The highest BCUT2D eigenvalue weighted by Gasteiger charge is 2.57. The Morgan fingerprint density at radius 3 is 2.58 bits per heavy atom. The number of carboxylic acids is 1. The number of amides is 2. The maximum atomic E-state index is 13.8. The molecule has 0 spiro atoms. The van der Waals surface area contributed by atoms with E-state index in [9.17, 15) is 34.2 Å². The Hall–Kier alpha value is -4.37. The summed E-state index contributed by atoms with van der Waals surface area (Å²) in [6.45, 7) is 1.25. The van der Waals surface area contributed by atoms with Gasteiger partial charge in [-0.25, -0.2) is 4.79 Å². The van der Waals surface area contributed by atoms with E-state index in [4.69, 9.17) is 4.42 Å². The second-order valence-corrected chi connectivity index (χ2v) is 10.1. The van der Waals surface area contributed by atoms with Gasteiger partial charge in [-0.15, -0.1) is 0 Å². The zero-order valence-corrected chi connectivity index (χ0v) is 20.3. The van der Waals surface area contributed by atoms with Crippen LogP contribution in [0.3, 0.4) is 0 Å². The number of furan rings is 1. The quantitative estimate of drug-likeness (QED) is 0.361. The standard InChI is InChI=1S/C29H23NO8/c1-13-9-21(32)20-11-19-17(24(25(20)26(13)33)22-8-5-16(12-31)38-22)6-7-18-23(19)28(35)30(27(18)34)15-4-2-3-14(10-15)29(36)37/h2-6,8-10,18-19,23-24,31H,7,11-12H2,1H3,(H,36,37). The normalized spacial score (nSPS) is 26.6. The number of imide groups is 1. The summed E-state index contributed by atoms with van der Waals surface area (Å²) in [5.41, 5.74) is 1.82. The van der Waals surface area contributed by atoms with Crippen molar-refractivity contribution in [3.8, 4) is 0 Å². The number of rotatable bonds is 4. The molecule has 4 atom stereocenters. The van der Waals surface area contributed by atoms with Gasteiger partial charge in [0.2, 0.25) is 11.8 Å². The van der Waals surface area contributed by atoms with Gasteiger partial charge in [-0.05, 0) is 62.1 Å². The largest absolute Gasteiger partial charge is 0.478 e. The SMILES string of the molecule is CC1=CC(=O)C2=C(C1=O)C(c1ccc(CO)o1)C1=CCC3C(=O)N(c4cccc(C(=O)O)c4)C(=O)C3C1C2. The molecule has 1 saturated heterocycles. The van der Waals surface area contributed by atoms with E-state index >= 15 is 0 Å². The molecule has 38 heavy (non-hydrogen) atoms. The number of aliphatic hydroxyl groups excluding tert-OH is 1. The number of anilines is 1. The van der Waals surface area contributed by atoms with E-state index in [-0.39, 0.29) is 42.3 Å². The third-order valence-electron chi connectivity index (χ3n) is 8.04. The topological polar surface area (TPSA) is 142 Å². The number of carbonyl (C=O) groups is 5. The number of nitrogens with zero attached hydrogens (tertiary/aromatic N) is 1. The third-order valence-corrected chi connectivity index (χ3v) is 8.04. The number of carbonyl (C=O) groups excluding carboxylic acids is 4. The molecule has 4 aliphatic rings. The molecule has 2 N–H and O–H groups in total. The first kappa shape index (κ1) is 24.0. The molecule has 0 bridgehead atoms. The Kier molecular flexibility index (Phi) is 5.43. The van der Waals surface area contributed by atoms with E-state index < -0.39 is 41.5 Å². The molecule has 1 aromatic heterocycles. The Labute approximate surface area is 216 Å². The molecule has 9 heteroatoms. The lowest BCUT2D eigenvalue weighted by Gasteiger charge is -2.41. The summed E-state index contributed by atoms with van der Waals surface area (Å²) in [5, 5.41) is 18.9. The summed E-state index contributed by atoms with van der Waals surface area (Å²) in [7, 11) is 0. The minimum atomic E-state index is -1.17. The van der Waals surface area contributed by atoms with Gasteiger partial charge in [-0.2, -0.15) is 0 Å². The Morgan fingerprint density at radius 1 is 1.08 bits per heavy atom. The van der Waals surface area contributed by atoms with E-state index in [1.54, 1.807) is 19.1 Å². The second kappa shape index (κ2) is 8.59. The van der Waals surface area contributed by atoms with Gasteiger partial charge < -0.3 is 14.6 Å². The van der Waals surface area contributed by atoms with Crippen LogP contribution in [0.1, 0.15) is 47.6 Å². The van der Waals surface area contributed by atoms with Crippen molar-refractivity contribution < 1.29 is 38.6 Å². The first-order valence-electron chi connectivity index (χ1n) is 12.3. The van der Waals surface area contributed by atoms with Crippen LogP contribution in [0.4, 0.5) is 5.69 Å². The lowest BCUT2D eigenvalue weighted by atomic mass is 9.60. The fourth-order valence-corrected chi connectivity index (χ4v) is 6.36. The monoisotopic (exact) mass is 513 g/mol. The van der Waals surface area contributed by atoms with Crippen molar-refractivity contribution in [1.29, 1.82) is 0 Å². The number of aliphatic hydroxyl groups is 1.